The summed E-state index contributed by atoms with van der Waals surface area (Å²) < 4.78 is -0.0614. The Bertz CT molecular complexity index is 293. The number of aliphatic carboxylic acids is 1. The molecule has 0 aromatic carbocycles. The Morgan fingerprint density at radius 3 is 2.28 bits per heavy atom. The lowest BCUT2D eigenvalue weighted by molar-refractivity contribution is -0.139. The molecule has 106 valence electrons. The number of hydrogen-bond donors (Lipinski definition) is 3. The Hall–Kier alpha value is -0.910. The summed E-state index contributed by atoms with van der Waals surface area (Å²) in [5, 5.41) is 14.2. The zero-order chi connectivity index (χ0) is 14.3. The molecule has 5 nitrogen and oxygen atoms in total. The number of urea groups is 1. The van der Waals surface area contributed by atoms with Gasteiger partial charge in [-0.25, -0.2) is 9.59 Å². The minimum Gasteiger partial charge on any atom is -0.480 e. The predicted octanol–water partition coefficient (Wildman–Crippen LogP) is 1.93. The molecule has 0 radical (unpaired) electrons. The highest BCUT2D eigenvalue weighted by atomic mass is 32.2. The fourth-order valence-electron chi connectivity index (χ4n) is 1.27. The molecule has 0 aromatic heterocycles. The molecule has 0 fully saturated rings. The molecule has 0 unspecified atom stereocenters. The van der Waals surface area contributed by atoms with Crippen molar-refractivity contribution in [3.63, 3.8) is 0 Å². The molecule has 0 aliphatic carbocycles. The second-order valence-corrected chi connectivity index (χ2v) is 6.82. The van der Waals surface area contributed by atoms with E-state index < -0.39 is 18.0 Å². The number of carboxylic acids is 1. The van der Waals surface area contributed by atoms with Crippen molar-refractivity contribution in [2.24, 2.45) is 5.92 Å². The third-order valence-electron chi connectivity index (χ3n) is 2.54. The molecule has 2 amide bonds. The van der Waals surface area contributed by atoms with Crippen LogP contribution in [0.3, 0.4) is 0 Å². The van der Waals surface area contributed by atoms with Gasteiger partial charge in [0.05, 0.1) is 0 Å². The third kappa shape index (κ3) is 7.42. The van der Waals surface area contributed by atoms with Gasteiger partial charge < -0.3 is 15.7 Å². The molecule has 0 aliphatic heterocycles. The molecular weight excluding hydrogens is 252 g/mol. The fraction of sp³-hybridized carbons (Fsp3) is 0.833. The van der Waals surface area contributed by atoms with Gasteiger partial charge in [-0.3, -0.25) is 0 Å². The van der Waals surface area contributed by atoms with Crippen LogP contribution in [-0.4, -0.2) is 40.7 Å². The van der Waals surface area contributed by atoms with Gasteiger partial charge in [-0.2, -0.15) is 11.8 Å². The second kappa shape index (κ2) is 7.51. The van der Waals surface area contributed by atoms with Crippen molar-refractivity contribution in [2.45, 2.75) is 44.9 Å². The topological polar surface area (TPSA) is 78.4 Å². The van der Waals surface area contributed by atoms with Crippen LogP contribution in [0.25, 0.3) is 0 Å². The number of thioether (sulfide) groups is 1. The third-order valence-corrected chi connectivity index (χ3v) is 3.79. The van der Waals surface area contributed by atoms with E-state index in [1.54, 1.807) is 11.8 Å². The van der Waals surface area contributed by atoms with Crippen LogP contribution in [0.1, 0.15) is 34.1 Å². The molecule has 6 heteroatoms. The SMILES string of the molecule is CSC(C)(C)CNC(=O)N[C@H](CC(C)C)C(=O)O. The van der Waals surface area contributed by atoms with Crippen LogP contribution in [0.2, 0.25) is 0 Å². The lowest BCUT2D eigenvalue weighted by Gasteiger charge is -2.23. The van der Waals surface area contributed by atoms with Gasteiger partial charge in [0.2, 0.25) is 0 Å². The molecule has 18 heavy (non-hydrogen) atoms. The molecule has 0 rings (SSSR count). The first-order valence-corrected chi connectivity index (χ1v) is 7.22. The van der Waals surface area contributed by atoms with Crippen LogP contribution in [0, 0.1) is 5.92 Å². The summed E-state index contributed by atoms with van der Waals surface area (Å²) in [6.45, 7) is 8.37. The lowest BCUT2D eigenvalue weighted by Crippen LogP contribution is -2.49. The van der Waals surface area contributed by atoms with Crippen LogP contribution in [-0.2, 0) is 4.79 Å². The van der Waals surface area contributed by atoms with E-state index in [0.29, 0.717) is 13.0 Å². The molecule has 0 heterocycles. The average Bonchev–Trinajstić information content (AvgIpc) is 2.25. The van der Waals surface area contributed by atoms with Crippen LogP contribution < -0.4 is 10.6 Å². The van der Waals surface area contributed by atoms with Crippen molar-refractivity contribution in [3.05, 3.63) is 0 Å². The number of amides is 2. The summed E-state index contributed by atoms with van der Waals surface area (Å²) in [5.41, 5.74) is 0. The van der Waals surface area contributed by atoms with E-state index >= 15 is 0 Å². The number of rotatable bonds is 7. The molecule has 3 N–H and O–H groups in total. The zero-order valence-corrected chi connectivity index (χ0v) is 12.6. The van der Waals surface area contributed by atoms with Crippen molar-refractivity contribution in [1.29, 1.82) is 0 Å². The Morgan fingerprint density at radius 1 is 1.33 bits per heavy atom. The van der Waals surface area contributed by atoms with Crippen LogP contribution in [0.15, 0.2) is 0 Å². The quantitative estimate of drug-likeness (QED) is 0.664. The second-order valence-electron chi connectivity index (χ2n) is 5.31. The van der Waals surface area contributed by atoms with Gasteiger partial charge in [0.1, 0.15) is 6.04 Å². The Labute approximate surface area is 113 Å². The molecule has 1 atom stereocenters. The van der Waals surface area contributed by atoms with E-state index in [9.17, 15) is 9.59 Å². The summed E-state index contributed by atoms with van der Waals surface area (Å²) in [7, 11) is 0. The molecular formula is C12H24N2O3S. The van der Waals surface area contributed by atoms with Crippen LogP contribution >= 0.6 is 11.8 Å². The van der Waals surface area contributed by atoms with Gasteiger partial charge in [-0.05, 0) is 32.4 Å². The standard InChI is InChI=1S/C12H24N2O3S/c1-8(2)6-9(10(15)16)14-11(17)13-7-12(3,4)18-5/h8-9H,6-7H2,1-5H3,(H,15,16)(H2,13,14,17)/t9-/m1/s1. The Kier molecular flexibility index (Phi) is 7.13. The first-order valence-electron chi connectivity index (χ1n) is 6.00. The van der Waals surface area contributed by atoms with E-state index in [-0.39, 0.29) is 10.7 Å². The Morgan fingerprint density at radius 2 is 1.89 bits per heavy atom. The number of carbonyl (C=O) groups is 2. The maximum absolute atomic E-state index is 11.6. The highest BCUT2D eigenvalue weighted by molar-refractivity contribution is 7.99. The molecule has 0 aliphatic rings. The van der Waals surface area contributed by atoms with Crippen LogP contribution in [0.4, 0.5) is 4.79 Å². The Balaban J connectivity index is 4.23. The highest BCUT2D eigenvalue weighted by Gasteiger charge is 2.22. The zero-order valence-electron chi connectivity index (χ0n) is 11.7. The molecule has 0 aromatic rings. The largest absolute Gasteiger partial charge is 0.480 e. The van der Waals surface area contributed by atoms with Gasteiger partial charge in [-0.1, -0.05) is 13.8 Å². The first-order chi connectivity index (χ1) is 8.18. The summed E-state index contributed by atoms with van der Waals surface area (Å²) in [5.74, 6) is -0.781. The first kappa shape index (κ1) is 17.1. The fourth-order valence-corrected chi connectivity index (χ4v) is 1.48. The monoisotopic (exact) mass is 276 g/mol. The van der Waals surface area contributed by atoms with E-state index in [0.717, 1.165) is 0 Å². The van der Waals surface area contributed by atoms with Gasteiger partial charge >= 0.3 is 12.0 Å². The summed E-state index contributed by atoms with van der Waals surface area (Å²) >= 11 is 1.65. The number of hydrogen-bond acceptors (Lipinski definition) is 3. The number of nitrogens with one attached hydrogen (secondary N) is 2. The van der Waals surface area contributed by atoms with E-state index in [1.807, 2.05) is 34.0 Å². The normalized spacial score (nSPS) is 13.2. The number of carboxylic acid groups (broad SMARTS) is 1. The van der Waals surface area contributed by atoms with Crippen molar-refractivity contribution in [2.75, 3.05) is 12.8 Å². The minimum atomic E-state index is -0.997. The van der Waals surface area contributed by atoms with Gasteiger partial charge in [0, 0.05) is 11.3 Å². The molecule has 0 spiro atoms. The maximum Gasteiger partial charge on any atom is 0.326 e. The summed E-state index contributed by atoms with van der Waals surface area (Å²) in [6.07, 6.45) is 2.40. The summed E-state index contributed by atoms with van der Waals surface area (Å²) in [6, 6.07) is -1.26. The lowest BCUT2D eigenvalue weighted by atomic mass is 10.0. The smallest absolute Gasteiger partial charge is 0.326 e. The average molecular weight is 276 g/mol. The molecule has 0 saturated heterocycles. The van der Waals surface area contributed by atoms with Crippen molar-refractivity contribution in [1.82, 2.24) is 10.6 Å². The van der Waals surface area contributed by atoms with E-state index in [1.165, 1.54) is 0 Å². The minimum absolute atomic E-state index is 0.0614. The van der Waals surface area contributed by atoms with Gasteiger partial charge in [0.25, 0.3) is 0 Å². The van der Waals surface area contributed by atoms with Gasteiger partial charge in [-0.15, -0.1) is 0 Å². The number of carbonyl (C=O) groups excluding carboxylic acids is 1. The maximum atomic E-state index is 11.6. The van der Waals surface area contributed by atoms with Gasteiger partial charge in [0.15, 0.2) is 0 Å². The van der Waals surface area contributed by atoms with Crippen molar-refractivity contribution >= 4 is 23.8 Å². The summed E-state index contributed by atoms with van der Waals surface area (Å²) in [4.78, 5) is 22.6. The van der Waals surface area contributed by atoms with Crippen molar-refractivity contribution < 1.29 is 14.7 Å². The van der Waals surface area contributed by atoms with Crippen LogP contribution in [0.5, 0.6) is 0 Å². The van der Waals surface area contributed by atoms with E-state index in [2.05, 4.69) is 10.6 Å². The van der Waals surface area contributed by atoms with Crippen molar-refractivity contribution in [3.8, 4) is 0 Å². The molecule has 0 saturated carbocycles. The predicted molar refractivity (Wildman–Crippen MR) is 75.0 cm³/mol. The van der Waals surface area contributed by atoms with E-state index in [4.69, 9.17) is 5.11 Å². The highest BCUT2D eigenvalue weighted by Crippen LogP contribution is 2.19. The molecule has 0 bridgehead atoms.